The average molecular weight is 267 g/mol. The van der Waals surface area contributed by atoms with Gasteiger partial charge in [0.1, 0.15) is 5.76 Å². The molecule has 1 rings (SSSR count). The molecule has 0 aliphatic rings. The molecule has 0 spiro atoms. The van der Waals surface area contributed by atoms with Gasteiger partial charge >= 0.3 is 5.97 Å². The third-order valence-corrected chi connectivity index (χ3v) is 3.04. The Morgan fingerprint density at radius 2 is 2.00 bits per heavy atom. The maximum atomic E-state index is 11.8. The minimum atomic E-state index is -0.775. The molecule has 1 heterocycles. The second-order valence-electron chi connectivity index (χ2n) is 4.95. The van der Waals surface area contributed by atoms with Gasteiger partial charge in [0.2, 0.25) is 0 Å². The topological polar surface area (TPSA) is 79.5 Å². The fraction of sp³-hybridized carbons (Fsp3) is 0.571. The van der Waals surface area contributed by atoms with E-state index in [1.165, 1.54) is 0 Å². The highest BCUT2D eigenvalue weighted by Crippen LogP contribution is 2.11. The predicted molar refractivity (Wildman–Crippen MR) is 71.0 cm³/mol. The minimum Gasteiger partial charge on any atom is -0.481 e. The van der Waals surface area contributed by atoms with Gasteiger partial charge in [-0.2, -0.15) is 0 Å². The number of amides is 1. The number of rotatable bonds is 7. The summed E-state index contributed by atoms with van der Waals surface area (Å²) >= 11 is 0. The first-order valence-electron chi connectivity index (χ1n) is 6.50. The zero-order valence-corrected chi connectivity index (χ0v) is 11.6. The highest BCUT2D eigenvalue weighted by Gasteiger charge is 2.14. The molecule has 19 heavy (non-hydrogen) atoms. The summed E-state index contributed by atoms with van der Waals surface area (Å²) < 4.78 is 5.23. The maximum absolute atomic E-state index is 11.8. The number of furan rings is 1. The van der Waals surface area contributed by atoms with E-state index >= 15 is 0 Å². The fourth-order valence-corrected chi connectivity index (χ4v) is 1.78. The van der Waals surface area contributed by atoms with Crippen molar-refractivity contribution in [3.63, 3.8) is 0 Å². The third kappa shape index (κ3) is 5.16. The molecule has 106 valence electrons. The summed E-state index contributed by atoms with van der Waals surface area (Å²) in [5, 5.41) is 11.6. The van der Waals surface area contributed by atoms with Gasteiger partial charge in [-0.1, -0.05) is 13.3 Å². The lowest BCUT2D eigenvalue weighted by molar-refractivity contribution is -0.141. The Hall–Kier alpha value is -1.78. The molecule has 0 bridgehead atoms. The molecule has 0 aromatic carbocycles. The van der Waals surface area contributed by atoms with Crippen LogP contribution in [0.4, 0.5) is 0 Å². The molecule has 2 N–H and O–H groups in total. The molecule has 0 aliphatic heterocycles. The van der Waals surface area contributed by atoms with Crippen LogP contribution in [0, 0.1) is 12.8 Å². The first kappa shape index (κ1) is 15.3. The Kier molecular flexibility index (Phi) is 5.60. The molecular weight excluding hydrogens is 246 g/mol. The van der Waals surface area contributed by atoms with Gasteiger partial charge in [0.25, 0.3) is 5.91 Å². The molecule has 2 atom stereocenters. The monoisotopic (exact) mass is 267 g/mol. The molecule has 0 saturated heterocycles. The number of carboxylic acid groups (broad SMARTS) is 1. The van der Waals surface area contributed by atoms with Crippen LogP contribution in [0.3, 0.4) is 0 Å². The van der Waals surface area contributed by atoms with Gasteiger partial charge < -0.3 is 14.8 Å². The van der Waals surface area contributed by atoms with Gasteiger partial charge in [-0.25, -0.2) is 0 Å². The predicted octanol–water partition coefficient (Wildman–Crippen LogP) is 2.60. The third-order valence-electron chi connectivity index (χ3n) is 3.04. The van der Waals surface area contributed by atoms with Crippen molar-refractivity contribution in [2.45, 2.75) is 46.1 Å². The lowest BCUT2D eigenvalue weighted by atomic mass is 10.0. The number of carbonyl (C=O) groups is 2. The first-order chi connectivity index (χ1) is 8.90. The lowest BCUT2D eigenvalue weighted by Gasteiger charge is -2.13. The SMILES string of the molecule is Cc1ccc(C(=O)NC(C)CCCC(C)C(=O)O)o1. The van der Waals surface area contributed by atoms with E-state index in [-0.39, 0.29) is 17.9 Å². The molecule has 0 radical (unpaired) electrons. The van der Waals surface area contributed by atoms with E-state index in [2.05, 4.69) is 5.32 Å². The number of carbonyl (C=O) groups excluding carboxylic acids is 1. The smallest absolute Gasteiger partial charge is 0.306 e. The highest BCUT2D eigenvalue weighted by atomic mass is 16.4. The van der Waals surface area contributed by atoms with Crippen LogP contribution in [0.2, 0.25) is 0 Å². The average Bonchev–Trinajstić information content (AvgIpc) is 2.75. The fourth-order valence-electron chi connectivity index (χ4n) is 1.78. The van der Waals surface area contributed by atoms with Crippen molar-refractivity contribution in [1.29, 1.82) is 0 Å². The maximum Gasteiger partial charge on any atom is 0.306 e. The van der Waals surface area contributed by atoms with Crippen molar-refractivity contribution in [3.05, 3.63) is 23.7 Å². The Morgan fingerprint density at radius 1 is 1.32 bits per heavy atom. The van der Waals surface area contributed by atoms with Crippen molar-refractivity contribution in [2.75, 3.05) is 0 Å². The van der Waals surface area contributed by atoms with Crippen molar-refractivity contribution in [2.24, 2.45) is 5.92 Å². The molecule has 2 unspecified atom stereocenters. The minimum absolute atomic E-state index is 0.00102. The second kappa shape index (κ2) is 6.97. The molecular formula is C14H21NO4. The Labute approximate surface area is 113 Å². The quantitative estimate of drug-likeness (QED) is 0.795. The van der Waals surface area contributed by atoms with Gasteiger partial charge in [-0.15, -0.1) is 0 Å². The van der Waals surface area contributed by atoms with Crippen LogP contribution in [0.25, 0.3) is 0 Å². The number of aliphatic carboxylic acids is 1. The first-order valence-corrected chi connectivity index (χ1v) is 6.50. The summed E-state index contributed by atoms with van der Waals surface area (Å²) in [5.74, 6) is -0.332. The number of aryl methyl sites for hydroxylation is 1. The van der Waals surface area contributed by atoms with E-state index in [1.807, 2.05) is 6.92 Å². The van der Waals surface area contributed by atoms with Crippen molar-refractivity contribution < 1.29 is 19.1 Å². The van der Waals surface area contributed by atoms with Crippen molar-refractivity contribution >= 4 is 11.9 Å². The molecule has 1 amide bonds. The van der Waals surface area contributed by atoms with E-state index in [0.717, 1.165) is 12.8 Å². The largest absolute Gasteiger partial charge is 0.481 e. The van der Waals surface area contributed by atoms with Gasteiger partial charge in [0, 0.05) is 6.04 Å². The van der Waals surface area contributed by atoms with Crippen LogP contribution in [-0.2, 0) is 4.79 Å². The van der Waals surface area contributed by atoms with E-state index in [4.69, 9.17) is 9.52 Å². The highest BCUT2D eigenvalue weighted by molar-refractivity contribution is 5.91. The van der Waals surface area contributed by atoms with Gasteiger partial charge in [0.05, 0.1) is 5.92 Å². The van der Waals surface area contributed by atoms with Gasteiger partial charge in [0.15, 0.2) is 5.76 Å². The summed E-state index contributed by atoms with van der Waals surface area (Å²) in [6.07, 6.45) is 2.14. The molecule has 5 nitrogen and oxygen atoms in total. The van der Waals surface area contributed by atoms with Gasteiger partial charge in [-0.3, -0.25) is 9.59 Å². The molecule has 5 heteroatoms. The summed E-state index contributed by atoms with van der Waals surface area (Å²) in [7, 11) is 0. The number of hydrogen-bond acceptors (Lipinski definition) is 3. The van der Waals surface area contributed by atoms with Crippen LogP contribution >= 0.6 is 0 Å². The number of nitrogens with one attached hydrogen (secondary N) is 1. The van der Waals surface area contributed by atoms with E-state index in [9.17, 15) is 9.59 Å². The van der Waals surface area contributed by atoms with Crippen LogP contribution in [0.15, 0.2) is 16.5 Å². The summed E-state index contributed by atoms with van der Waals surface area (Å²) in [5.41, 5.74) is 0. The van der Waals surface area contributed by atoms with Crippen LogP contribution in [-0.4, -0.2) is 23.0 Å². The molecule has 0 aliphatic carbocycles. The zero-order chi connectivity index (χ0) is 14.4. The molecule has 0 saturated carbocycles. The van der Waals surface area contributed by atoms with Crippen LogP contribution in [0.1, 0.15) is 49.4 Å². The Morgan fingerprint density at radius 3 is 2.53 bits per heavy atom. The van der Waals surface area contributed by atoms with Crippen molar-refractivity contribution in [1.82, 2.24) is 5.32 Å². The lowest BCUT2D eigenvalue weighted by Crippen LogP contribution is -2.32. The van der Waals surface area contributed by atoms with E-state index < -0.39 is 5.97 Å². The normalized spacial score (nSPS) is 13.8. The van der Waals surface area contributed by atoms with Gasteiger partial charge in [-0.05, 0) is 38.8 Å². The summed E-state index contributed by atoms with van der Waals surface area (Å²) in [6, 6.07) is 3.39. The van der Waals surface area contributed by atoms with Crippen LogP contribution in [0.5, 0.6) is 0 Å². The van der Waals surface area contributed by atoms with E-state index in [1.54, 1.807) is 26.0 Å². The molecule has 0 fully saturated rings. The number of hydrogen-bond donors (Lipinski definition) is 2. The summed E-state index contributed by atoms with van der Waals surface area (Å²) in [4.78, 5) is 22.4. The van der Waals surface area contributed by atoms with Crippen molar-refractivity contribution in [3.8, 4) is 0 Å². The number of carboxylic acids is 1. The standard InChI is InChI=1S/C14H21NO4/c1-9(14(17)18)5-4-6-10(2)15-13(16)12-8-7-11(3)19-12/h7-10H,4-6H2,1-3H3,(H,15,16)(H,17,18). The summed E-state index contributed by atoms with van der Waals surface area (Å²) in [6.45, 7) is 5.38. The Balaban J connectivity index is 2.29. The second-order valence-corrected chi connectivity index (χ2v) is 4.95. The molecule has 1 aromatic rings. The van der Waals surface area contributed by atoms with E-state index in [0.29, 0.717) is 17.9 Å². The zero-order valence-electron chi connectivity index (χ0n) is 11.6. The molecule has 1 aromatic heterocycles. The Bertz CT molecular complexity index is 438. The van der Waals surface area contributed by atoms with Crippen LogP contribution < -0.4 is 5.32 Å².